The third kappa shape index (κ3) is 4.96. The first-order valence-corrected chi connectivity index (χ1v) is 7.56. The van der Waals surface area contributed by atoms with Gasteiger partial charge in [0.1, 0.15) is 5.78 Å². The Morgan fingerprint density at radius 1 is 1.26 bits per heavy atom. The van der Waals surface area contributed by atoms with E-state index in [-0.39, 0.29) is 17.6 Å². The van der Waals surface area contributed by atoms with E-state index in [9.17, 15) is 9.59 Å². The summed E-state index contributed by atoms with van der Waals surface area (Å²) in [6.45, 7) is 5.95. The predicted octanol–water partition coefficient (Wildman–Crippen LogP) is 4.05. The third-order valence-corrected chi connectivity index (χ3v) is 5.02. The zero-order valence-corrected chi connectivity index (χ0v) is 12.6. The Labute approximate surface area is 116 Å². The number of carbonyl (C=O) groups excluding carboxylic acids is 1. The fraction of sp³-hybridized carbons (Fsp3) is 0.875. The Morgan fingerprint density at radius 3 is 2.32 bits per heavy atom. The Kier molecular flexibility index (Phi) is 6.02. The zero-order chi connectivity index (χ0) is 14.5. The van der Waals surface area contributed by atoms with Gasteiger partial charge in [-0.3, -0.25) is 4.79 Å². The van der Waals surface area contributed by atoms with Gasteiger partial charge in [0, 0.05) is 12.8 Å². The second-order valence-corrected chi connectivity index (χ2v) is 6.61. The smallest absolute Gasteiger partial charge is 0.303 e. The molecule has 0 aliphatic heterocycles. The van der Waals surface area contributed by atoms with Gasteiger partial charge in [-0.2, -0.15) is 0 Å². The lowest BCUT2D eigenvalue weighted by molar-refractivity contribution is -0.138. The SMILES string of the molecule is CC(=O)C[C@](C)(CCC(=O)O)[C@H](C)C1CCCCC1. The molecular formula is C16H28O3. The normalized spacial score (nSPS) is 21.6. The Hall–Kier alpha value is -0.860. The van der Waals surface area contributed by atoms with Crippen molar-refractivity contribution in [1.82, 2.24) is 0 Å². The molecule has 1 aliphatic carbocycles. The van der Waals surface area contributed by atoms with E-state index in [1.165, 1.54) is 32.1 Å². The fourth-order valence-corrected chi connectivity index (χ4v) is 3.64. The molecule has 1 rings (SSSR count). The summed E-state index contributed by atoms with van der Waals surface area (Å²) in [7, 11) is 0. The lowest BCUT2D eigenvalue weighted by Gasteiger charge is -2.41. The van der Waals surface area contributed by atoms with E-state index in [2.05, 4.69) is 13.8 Å². The number of carbonyl (C=O) groups is 2. The van der Waals surface area contributed by atoms with Crippen LogP contribution in [0.25, 0.3) is 0 Å². The number of Topliss-reactive ketones (excluding diaryl/α,β-unsaturated/α-hetero) is 1. The van der Waals surface area contributed by atoms with Crippen LogP contribution in [0.4, 0.5) is 0 Å². The number of ketones is 1. The monoisotopic (exact) mass is 268 g/mol. The first-order chi connectivity index (χ1) is 8.85. The van der Waals surface area contributed by atoms with Crippen molar-refractivity contribution >= 4 is 11.8 Å². The van der Waals surface area contributed by atoms with Crippen LogP contribution in [0.1, 0.15) is 72.1 Å². The van der Waals surface area contributed by atoms with Gasteiger partial charge in [0.05, 0.1) is 0 Å². The molecule has 3 nitrogen and oxygen atoms in total. The van der Waals surface area contributed by atoms with Crippen molar-refractivity contribution in [3.63, 3.8) is 0 Å². The van der Waals surface area contributed by atoms with Crippen LogP contribution in [0.15, 0.2) is 0 Å². The molecule has 0 aromatic carbocycles. The van der Waals surface area contributed by atoms with Crippen LogP contribution < -0.4 is 0 Å². The topological polar surface area (TPSA) is 54.4 Å². The van der Waals surface area contributed by atoms with Crippen LogP contribution in [0.5, 0.6) is 0 Å². The molecule has 110 valence electrons. The highest BCUT2D eigenvalue weighted by molar-refractivity contribution is 5.76. The van der Waals surface area contributed by atoms with E-state index < -0.39 is 5.97 Å². The fourth-order valence-electron chi connectivity index (χ4n) is 3.64. The number of carboxylic acids is 1. The van der Waals surface area contributed by atoms with Gasteiger partial charge in [0.2, 0.25) is 0 Å². The minimum absolute atomic E-state index is 0.160. The average molecular weight is 268 g/mol. The van der Waals surface area contributed by atoms with E-state index in [1.54, 1.807) is 6.92 Å². The van der Waals surface area contributed by atoms with Crippen molar-refractivity contribution in [2.24, 2.45) is 17.3 Å². The summed E-state index contributed by atoms with van der Waals surface area (Å²) >= 11 is 0. The molecule has 0 radical (unpaired) electrons. The van der Waals surface area contributed by atoms with Crippen LogP contribution in [0.3, 0.4) is 0 Å². The van der Waals surface area contributed by atoms with E-state index in [0.717, 1.165) is 0 Å². The summed E-state index contributed by atoms with van der Waals surface area (Å²) in [4.78, 5) is 22.4. The van der Waals surface area contributed by atoms with E-state index in [1.807, 2.05) is 0 Å². The molecule has 0 bridgehead atoms. The van der Waals surface area contributed by atoms with Crippen molar-refractivity contribution in [3.8, 4) is 0 Å². The van der Waals surface area contributed by atoms with Crippen molar-refractivity contribution in [1.29, 1.82) is 0 Å². The third-order valence-electron chi connectivity index (χ3n) is 5.02. The summed E-state index contributed by atoms with van der Waals surface area (Å²) in [5, 5.41) is 8.92. The second-order valence-electron chi connectivity index (χ2n) is 6.61. The lowest BCUT2D eigenvalue weighted by Crippen LogP contribution is -2.34. The average Bonchev–Trinajstić information content (AvgIpc) is 2.36. The maximum absolute atomic E-state index is 11.5. The number of hydrogen-bond donors (Lipinski definition) is 1. The minimum atomic E-state index is -0.759. The maximum Gasteiger partial charge on any atom is 0.303 e. The highest BCUT2D eigenvalue weighted by Crippen LogP contribution is 2.44. The lowest BCUT2D eigenvalue weighted by atomic mass is 9.63. The summed E-state index contributed by atoms with van der Waals surface area (Å²) < 4.78 is 0. The second kappa shape index (κ2) is 7.06. The van der Waals surface area contributed by atoms with Gasteiger partial charge in [0.25, 0.3) is 0 Å². The number of hydrogen-bond acceptors (Lipinski definition) is 2. The zero-order valence-electron chi connectivity index (χ0n) is 12.6. The highest BCUT2D eigenvalue weighted by Gasteiger charge is 2.37. The number of aliphatic carboxylic acids is 1. The van der Waals surface area contributed by atoms with Gasteiger partial charge in [-0.25, -0.2) is 0 Å². The molecule has 1 aliphatic rings. The largest absolute Gasteiger partial charge is 0.481 e. The molecule has 0 aromatic rings. The van der Waals surface area contributed by atoms with Crippen LogP contribution in [-0.4, -0.2) is 16.9 Å². The van der Waals surface area contributed by atoms with Gasteiger partial charge >= 0.3 is 5.97 Å². The minimum Gasteiger partial charge on any atom is -0.481 e. The van der Waals surface area contributed by atoms with E-state index >= 15 is 0 Å². The molecule has 0 unspecified atom stereocenters. The Bertz CT molecular complexity index is 318. The van der Waals surface area contributed by atoms with Gasteiger partial charge < -0.3 is 9.90 Å². The quantitative estimate of drug-likeness (QED) is 0.757. The summed E-state index contributed by atoms with van der Waals surface area (Å²) in [6.07, 6.45) is 7.65. The molecule has 1 fully saturated rings. The molecule has 3 heteroatoms. The van der Waals surface area contributed by atoms with Gasteiger partial charge in [-0.15, -0.1) is 0 Å². The molecule has 1 N–H and O–H groups in total. The predicted molar refractivity (Wildman–Crippen MR) is 76.0 cm³/mol. The molecular weight excluding hydrogens is 240 g/mol. The molecule has 0 heterocycles. The first kappa shape index (κ1) is 16.2. The molecule has 19 heavy (non-hydrogen) atoms. The number of rotatable bonds is 7. The summed E-state index contributed by atoms with van der Waals surface area (Å²) in [6, 6.07) is 0. The van der Waals surface area contributed by atoms with Crippen molar-refractivity contribution in [2.75, 3.05) is 0 Å². The standard InChI is InChI=1S/C16H28O3/c1-12(17)11-16(3,10-9-15(18)19)13(2)14-7-5-4-6-8-14/h13-14H,4-11H2,1-3H3,(H,18,19)/t13-,16+/m1/s1. The Morgan fingerprint density at radius 2 is 1.84 bits per heavy atom. The molecule has 0 saturated heterocycles. The highest BCUT2D eigenvalue weighted by atomic mass is 16.4. The van der Waals surface area contributed by atoms with Gasteiger partial charge in [-0.1, -0.05) is 46.0 Å². The molecule has 0 aromatic heterocycles. The molecule has 1 saturated carbocycles. The van der Waals surface area contributed by atoms with Gasteiger partial charge in [-0.05, 0) is 30.6 Å². The van der Waals surface area contributed by atoms with Crippen molar-refractivity contribution < 1.29 is 14.7 Å². The van der Waals surface area contributed by atoms with Gasteiger partial charge in [0.15, 0.2) is 0 Å². The van der Waals surface area contributed by atoms with Crippen LogP contribution in [0, 0.1) is 17.3 Å². The van der Waals surface area contributed by atoms with Crippen molar-refractivity contribution in [2.45, 2.75) is 72.1 Å². The van der Waals surface area contributed by atoms with Crippen molar-refractivity contribution in [3.05, 3.63) is 0 Å². The molecule has 2 atom stereocenters. The molecule has 0 spiro atoms. The Balaban J connectivity index is 2.74. The van der Waals surface area contributed by atoms with Crippen LogP contribution >= 0.6 is 0 Å². The molecule has 0 amide bonds. The summed E-state index contributed by atoms with van der Waals surface area (Å²) in [5.74, 6) is 0.504. The maximum atomic E-state index is 11.5. The van der Waals surface area contributed by atoms with E-state index in [4.69, 9.17) is 5.11 Å². The van der Waals surface area contributed by atoms with E-state index in [0.29, 0.717) is 24.7 Å². The number of carboxylic acid groups (broad SMARTS) is 1. The van der Waals surface area contributed by atoms with Crippen LogP contribution in [-0.2, 0) is 9.59 Å². The summed E-state index contributed by atoms with van der Waals surface area (Å²) in [5.41, 5.74) is -0.160. The first-order valence-electron chi connectivity index (χ1n) is 7.56. The van der Waals surface area contributed by atoms with Crippen LogP contribution in [0.2, 0.25) is 0 Å².